The molecular formula is C15H11N3O. The van der Waals surface area contributed by atoms with E-state index in [1.54, 1.807) is 6.07 Å². The SMILES string of the molecule is Cc1c(C#N)cccc1-c1ccc2[nH]c(=O)[nH]c2c1. The van der Waals surface area contributed by atoms with Gasteiger partial charge in [-0.2, -0.15) is 5.26 Å². The first kappa shape index (κ1) is 11.3. The van der Waals surface area contributed by atoms with Crippen molar-refractivity contribution in [3.05, 3.63) is 58.0 Å². The smallest absolute Gasteiger partial charge is 0.306 e. The number of fused-ring (bicyclic) bond motifs is 1. The van der Waals surface area contributed by atoms with Gasteiger partial charge >= 0.3 is 5.69 Å². The highest BCUT2D eigenvalue weighted by atomic mass is 16.1. The van der Waals surface area contributed by atoms with Crippen LogP contribution in [0.5, 0.6) is 0 Å². The van der Waals surface area contributed by atoms with E-state index in [1.807, 2.05) is 37.3 Å². The predicted octanol–water partition coefficient (Wildman–Crippen LogP) is 2.70. The summed E-state index contributed by atoms with van der Waals surface area (Å²) in [5, 5.41) is 9.06. The Labute approximate surface area is 109 Å². The van der Waals surface area contributed by atoms with Gasteiger partial charge in [0.25, 0.3) is 0 Å². The molecule has 4 heteroatoms. The third kappa shape index (κ3) is 1.81. The maximum atomic E-state index is 11.2. The zero-order valence-electron chi connectivity index (χ0n) is 10.3. The normalized spacial score (nSPS) is 10.5. The van der Waals surface area contributed by atoms with Crippen LogP contribution in [0, 0.1) is 18.3 Å². The fraction of sp³-hybridized carbons (Fsp3) is 0.0667. The third-order valence-electron chi connectivity index (χ3n) is 3.28. The number of hydrogen-bond acceptors (Lipinski definition) is 2. The van der Waals surface area contributed by atoms with Crippen LogP contribution in [0.2, 0.25) is 0 Å². The molecule has 0 aliphatic heterocycles. The lowest BCUT2D eigenvalue weighted by atomic mass is 9.97. The second-order valence-electron chi connectivity index (χ2n) is 4.43. The minimum atomic E-state index is -0.213. The number of aromatic nitrogens is 2. The summed E-state index contributed by atoms with van der Waals surface area (Å²) in [6.07, 6.45) is 0. The number of benzene rings is 2. The lowest BCUT2D eigenvalue weighted by Gasteiger charge is -2.07. The van der Waals surface area contributed by atoms with Crippen molar-refractivity contribution in [3.8, 4) is 17.2 Å². The highest BCUT2D eigenvalue weighted by molar-refractivity contribution is 5.82. The van der Waals surface area contributed by atoms with Crippen molar-refractivity contribution in [2.45, 2.75) is 6.92 Å². The van der Waals surface area contributed by atoms with Crippen LogP contribution in [-0.2, 0) is 0 Å². The van der Waals surface area contributed by atoms with Crippen LogP contribution < -0.4 is 5.69 Å². The fourth-order valence-corrected chi connectivity index (χ4v) is 2.27. The van der Waals surface area contributed by atoms with Gasteiger partial charge in [0.15, 0.2) is 0 Å². The molecule has 0 spiro atoms. The number of H-pyrrole nitrogens is 2. The third-order valence-corrected chi connectivity index (χ3v) is 3.28. The van der Waals surface area contributed by atoms with Gasteiger partial charge in [-0.25, -0.2) is 4.79 Å². The molecule has 2 N–H and O–H groups in total. The van der Waals surface area contributed by atoms with Gasteiger partial charge in [0.1, 0.15) is 0 Å². The molecule has 1 aromatic heterocycles. The Balaban J connectivity index is 2.24. The Morgan fingerprint density at radius 1 is 1.11 bits per heavy atom. The average Bonchev–Trinajstić information content (AvgIpc) is 2.78. The molecule has 0 saturated carbocycles. The van der Waals surface area contributed by atoms with Crippen molar-refractivity contribution in [3.63, 3.8) is 0 Å². The molecule has 0 atom stereocenters. The Morgan fingerprint density at radius 2 is 1.89 bits per heavy atom. The summed E-state index contributed by atoms with van der Waals surface area (Å²) >= 11 is 0. The van der Waals surface area contributed by atoms with Crippen molar-refractivity contribution in [1.29, 1.82) is 5.26 Å². The van der Waals surface area contributed by atoms with E-state index in [-0.39, 0.29) is 5.69 Å². The zero-order chi connectivity index (χ0) is 13.4. The topological polar surface area (TPSA) is 72.4 Å². The monoisotopic (exact) mass is 249 g/mol. The van der Waals surface area contributed by atoms with Gasteiger partial charge in [0.2, 0.25) is 0 Å². The van der Waals surface area contributed by atoms with Crippen molar-refractivity contribution in [2.75, 3.05) is 0 Å². The average molecular weight is 249 g/mol. The summed E-state index contributed by atoms with van der Waals surface area (Å²) in [5.74, 6) is 0. The van der Waals surface area contributed by atoms with Crippen LogP contribution in [0.4, 0.5) is 0 Å². The van der Waals surface area contributed by atoms with Crippen molar-refractivity contribution in [2.24, 2.45) is 0 Å². The number of nitrogens with zero attached hydrogens (tertiary/aromatic N) is 1. The van der Waals surface area contributed by atoms with E-state index in [1.165, 1.54) is 0 Å². The predicted molar refractivity (Wildman–Crippen MR) is 73.8 cm³/mol. The number of nitrogens with one attached hydrogen (secondary N) is 2. The Hall–Kier alpha value is -2.80. The van der Waals surface area contributed by atoms with Crippen LogP contribution in [0.1, 0.15) is 11.1 Å². The molecule has 2 aromatic carbocycles. The molecule has 0 radical (unpaired) electrons. The van der Waals surface area contributed by atoms with Crippen molar-refractivity contribution in [1.82, 2.24) is 9.97 Å². The molecule has 0 saturated heterocycles. The summed E-state index contributed by atoms with van der Waals surface area (Å²) in [6.45, 7) is 1.93. The number of nitriles is 1. The van der Waals surface area contributed by atoms with Crippen LogP contribution in [0.15, 0.2) is 41.2 Å². The van der Waals surface area contributed by atoms with Gasteiger partial charge in [-0.05, 0) is 41.8 Å². The first-order valence-corrected chi connectivity index (χ1v) is 5.91. The lowest BCUT2D eigenvalue weighted by Crippen LogP contribution is -1.99. The van der Waals surface area contributed by atoms with E-state index in [9.17, 15) is 4.79 Å². The minimum Gasteiger partial charge on any atom is -0.306 e. The first-order valence-electron chi connectivity index (χ1n) is 5.91. The Kier molecular flexibility index (Phi) is 2.46. The highest BCUT2D eigenvalue weighted by Crippen LogP contribution is 2.27. The van der Waals surface area contributed by atoms with E-state index in [2.05, 4.69) is 16.0 Å². The second kappa shape index (κ2) is 4.14. The lowest BCUT2D eigenvalue weighted by molar-refractivity contribution is 1.22. The summed E-state index contributed by atoms with van der Waals surface area (Å²) in [6, 6.07) is 13.5. The molecule has 0 unspecified atom stereocenters. The Morgan fingerprint density at radius 3 is 2.68 bits per heavy atom. The van der Waals surface area contributed by atoms with Gasteiger partial charge < -0.3 is 9.97 Å². The van der Waals surface area contributed by atoms with Crippen LogP contribution in [0.25, 0.3) is 22.2 Å². The van der Waals surface area contributed by atoms with Gasteiger partial charge in [-0.1, -0.05) is 18.2 Å². The fourth-order valence-electron chi connectivity index (χ4n) is 2.27. The standard InChI is InChI=1S/C15H11N3O/c1-9-11(8-16)3-2-4-12(9)10-5-6-13-14(7-10)18-15(19)17-13/h2-7H,1H3,(H2,17,18,19). The molecule has 3 rings (SSSR count). The van der Waals surface area contributed by atoms with Gasteiger partial charge in [-0.3, -0.25) is 0 Å². The van der Waals surface area contributed by atoms with Crippen LogP contribution in [0.3, 0.4) is 0 Å². The van der Waals surface area contributed by atoms with Crippen LogP contribution >= 0.6 is 0 Å². The van der Waals surface area contributed by atoms with Crippen molar-refractivity contribution < 1.29 is 0 Å². The van der Waals surface area contributed by atoms with E-state index in [0.29, 0.717) is 5.56 Å². The van der Waals surface area contributed by atoms with Crippen LogP contribution in [-0.4, -0.2) is 9.97 Å². The first-order chi connectivity index (χ1) is 9.19. The van der Waals surface area contributed by atoms with Crippen molar-refractivity contribution >= 4 is 11.0 Å². The summed E-state index contributed by atoms with van der Waals surface area (Å²) < 4.78 is 0. The number of imidazole rings is 1. The largest absolute Gasteiger partial charge is 0.323 e. The molecule has 0 amide bonds. The number of rotatable bonds is 1. The summed E-state index contributed by atoms with van der Waals surface area (Å²) in [5.41, 5.74) is 4.93. The van der Waals surface area contributed by atoms with Gasteiger partial charge in [0, 0.05) is 0 Å². The van der Waals surface area contributed by atoms with Gasteiger partial charge in [0.05, 0.1) is 22.7 Å². The molecule has 1 heterocycles. The molecule has 4 nitrogen and oxygen atoms in total. The quantitative estimate of drug-likeness (QED) is 0.696. The molecule has 92 valence electrons. The molecular weight excluding hydrogens is 238 g/mol. The highest BCUT2D eigenvalue weighted by Gasteiger charge is 2.07. The molecule has 0 aliphatic rings. The maximum absolute atomic E-state index is 11.2. The molecule has 3 aromatic rings. The zero-order valence-corrected chi connectivity index (χ0v) is 10.3. The Bertz CT molecular complexity index is 865. The molecule has 0 aliphatic carbocycles. The molecule has 0 bridgehead atoms. The number of hydrogen-bond donors (Lipinski definition) is 2. The number of aromatic amines is 2. The molecule has 19 heavy (non-hydrogen) atoms. The van der Waals surface area contributed by atoms with E-state index >= 15 is 0 Å². The van der Waals surface area contributed by atoms with E-state index in [0.717, 1.165) is 27.7 Å². The summed E-state index contributed by atoms with van der Waals surface area (Å²) in [4.78, 5) is 16.7. The maximum Gasteiger partial charge on any atom is 0.323 e. The van der Waals surface area contributed by atoms with E-state index < -0.39 is 0 Å². The second-order valence-corrected chi connectivity index (χ2v) is 4.43. The summed E-state index contributed by atoms with van der Waals surface area (Å²) in [7, 11) is 0. The van der Waals surface area contributed by atoms with E-state index in [4.69, 9.17) is 5.26 Å². The molecule has 0 fully saturated rings. The van der Waals surface area contributed by atoms with Gasteiger partial charge in [-0.15, -0.1) is 0 Å². The minimum absolute atomic E-state index is 0.213.